The molecule has 0 saturated carbocycles. The van der Waals surface area contributed by atoms with Crippen molar-refractivity contribution in [3.8, 4) is 0 Å². The minimum atomic E-state index is -0.0136. The highest BCUT2D eigenvalue weighted by molar-refractivity contribution is 8.01. The van der Waals surface area contributed by atoms with Gasteiger partial charge in [-0.25, -0.2) is 0 Å². The largest absolute Gasteiger partial charge is 0.299 e. The third-order valence-corrected chi connectivity index (χ3v) is 2.09. The fraction of sp³-hybridized carbons (Fsp3) is 0.571. The van der Waals surface area contributed by atoms with Gasteiger partial charge in [-0.2, -0.15) is 0 Å². The lowest BCUT2D eigenvalue weighted by Crippen LogP contribution is -2.08. The smallest absolute Gasteiger partial charge is 0.143 e. The molecule has 0 aliphatic heterocycles. The summed E-state index contributed by atoms with van der Waals surface area (Å²) in [5.41, 5.74) is -0.0136. The van der Waals surface area contributed by atoms with Gasteiger partial charge in [0, 0.05) is 4.91 Å². The lowest BCUT2D eigenvalue weighted by Gasteiger charge is -2.19. The topological polar surface area (TPSA) is 43.1 Å². The van der Waals surface area contributed by atoms with Crippen LogP contribution in [0.5, 0.6) is 0 Å². The van der Waals surface area contributed by atoms with E-state index in [1.807, 2.05) is 20.8 Å². The Morgan fingerprint density at radius 1 is 1.50 bits per heavy atom. The molecule has 0 heterocycles. The first-order valence-electron chi connectivity index (χ1n) is 3.05. The summed E-state index contributed by atoms with van der Waals surface area (Å²) in [7, 11) is 0. The Balaban J connectivity index is 4.35. The average Bonchev–Trinajstić information content (AvgIpc) is 1.80. The number of rotatable bonds is 2. The zero-order chi connectivity index (χ0) is 8.20. The molecule has 58 valence electrons. The lowest BCUT2D eigenvalue weighted by atomic mass is 9.96. The van der Waals surface area contributed by atoms with Gasteiger partial charge in [-0.05, 0) is 11.5 Å². The van der Waals surface area contributed by atoms with Gasteiger partial charge in [-0.3, -0.25) is 9.93 Å². The van der Waals surface area contributed by atoms with E-state index in [2.05, 4.69) is 0 Å². The highest BCUT2D eigenvalue weighted by Gasteiger charge is 2.15. The molecule has 0 bridgehead atoms. The fourth-order valence-electron chi connectivity index (χ4n) is 0.528. The maximum absolute atomic E-state index is 10.1. The van der Waals surface area contributed by atoms with Crippen LogP contribution < -0.4 is 5.14 Å². The first kappa shape index (κ1) is 9.72. The van der Waals surface area contributed by atoms with Gasteiger partial charge >= 0.3 is 0 Å². The summed E-state index contributed by atoms with van der Waals surface area (Å²) in [5.74, 6) is 0. The van der Waals surface area contributed by atoms with Crippen LogP contribution in [0.3, 0.4) is 0 Å². The van der Waals surface area contributed by atoms with Crippen molar-refractivity contribution in [2.75, 3.05) is 0 Å². The van der Waals surface area contributed by atoms with Gasteiger partial charge in [0.25, 0.3) is 0 Å². The van der Waals surface area contributed by atoms with Crippen LogP contribution in [-0.4, -0.2) is 6.29 Å². The van der Waals surface area contributed by atoms with Crippen molar-refractivity contribution < 1.29 is 4.79 Å². The van der Waals surface area contributed by atoms with E-state index >= 15 is 0 Å². The van der Waals surface area contributed by atoms with Crippen molar-refractivity contribution in [1.82, 2.24) is 0 Å². The molecular formula is C7H13NOS. The first-order chi connectivity index (χ1) is 4.52. The second-order valence-corrected chi connectivity index (χ2v) is 3.71. The van der Waals surface area contributed by atoms with Crippen molar-refractivity contribution in [1.29, 1.82) is 0 Å². The second kappa shape index (κ2) is 3.78. The predicted octanol–water partition coefficient (Wildman–Crippen LogP) is 1.72. The molecule has 0 aliphatic rings. The standard InChI is InChI=1S/C7H13NOS/c1-7(2,3)6(10-8)4-5-9/h4-5H,8H2,1-3H3/b6-4-. The van der Waals surface area contributed by atoms with Gasteiger partial charge in [0.1, 0.15) is 6.29 Å². The predicted molar refractivity (Wildman–Crippen MR) is 45.4 cm³/mol. The molecule has 0 radical (unpaired) electrons. The van der Waals surface area contributed by atoms with Crippen LogP contribution in [0.1, 0.15) is 20.8 Å². The minimum absolute atomic E-state index is 0.0136. The Labute approximate surface area is 66.0 Å². The van der Waals surface area contributed by atoms with Crippen LogP contribution in [0.25, 0.3) is 0 Å². The number of hydrogen-bond donors (Lipinski definition) is 1. The van der Waals surface area contributed by atoms with Crippen LogP contribution in [0.2, 0.25) is 0 Å². The van der Waals surface area contributed by atoms with E-state index in [1.54, 1.807) is 0 Å². The van der Waals surface area contributed by atoms with E-state index in [-0.39, 0.29) is 5.41 Å². The second-order valence-electron chi connectivity index (χ2n) is 3.03. The normalized spacial score (nSPS) is 13.4. The average molecular weight is 159 g/mol. The zero-order valence-electron chi connectivity index (χ0n) is 6.55. The summed E-state index contributed by atoms with van der Waals surface area (Å²) in [4.78, 5) is 11.0. The van der Waals surface area contributed by atoms with Gasteiger partial charge in [0.15, 0.2) is 0 Å². The monoisotopic (exact) mass is 159 g/mol. The molecule has 0 rings (SSSR count). The summed E-state index contributed by atoms with van der Waals surface area (Å²) in [6, 6.07) is 0. The zero-order valence-corrected chi connectivity index (χ0v) is 7.37. The Bertz CT molecular complexity index is 146. The van der Waals surface area contributed by atoms with Crippen molar-refractivity contribution in [3.05, 3.63) is 11.0 Å². The van der Waals surface area contributed by atoms with Crippen LogP contribution in [0.4, 0.5) is 0 Å². The van der Waals surface area contributed by atoms with Crippen molar-refractivity contribution in [2.24, 2.45) is 10.6 Å². The summed E-state index contributed by atoms with van der Waals surface area (Å²) in [6.07, 6.45) is 2.27. The molecule has 0 spiro atoms. The maximum atomic E-state index is 10.1. The molecule has 3 heteroatoms. The number of allylic oxidation sites excluding steroid dienone is 2. The SMILES string of the molecule is CC(C)(C)/C(=C/C=O)SN. The lowest BCUT2D eigenvalue weighted by molar-refractivity contribution is -0.104. The minimum Gasteiger partial charge on any atom is -0.299 e. The molecule has 0 atom stereocenters. The number of carbonyl (C=O) groups excluding carboxylic acids is 1. The molecule has 0 aliphatic carbocycles. The van der Waals surface area contributed by atoms with Crippen molar-refractivity contribution in [3.63, 3.8) is 0 Å². The van der Waals surface area contributed by atoms with E-state index in [9.17, 15) is 4.79 Å². The first-order valence-corrected chi connectivity index (χ1v) is 3.93. The van der Waals surface area contributed by atoms with Gasteiger partial charge in [0.2, 0.25) is 0 Å². The van der Waals surface area contributed by atoms with Gasteiger partial charge in [-0.15, -0.1) is 0 Å². The Kier molecular flexibility index (Phi) is 3.68. The van der Waals surface area contributed by atoms with Crippen molar-refractivity contribution in [2.45, 2.75) is 20.8 Å². The van der Waals surface area contributed by atoms with E-state index in [4.69, 9.17) is 5.14 Å². The van der Waals surface area contributed by atoms with Crippen molar-refractivity contribution >= 4 is 18.2 Å². The molecule has 0 fully saturated rings. The number of carbonyl (C=O) groups is 1. The maximum Gasteiger partial charge on any atom is 0.143 e. The summed E-state index contributed by atoms with van der Waals surface area (Å²) in [6.45, 7) is 6.05. The molecule has 0 saturated heterocycles. The Morgan fingerprint density at radius 3 is 2.10 bits per heavy atom. The van der Waals surface area contributed by atoms with Crippen LogP contribution >= 0.6 is 11.9 Å². The molecule has 0 aromatic heterocycles. The van der Waals surface area contributed by atoms with Gasteiger partial charge < -0.3 is 0 Å². The molecule has 2 N–H and O–H groups in total. The molecule has 0 aromatic rings. The third-order valence-electron chi connectivity index (χ3n) is 1.09. The van der Waals surface area contributed by atoms with E-state index in [1.165, 1.54) is 6.08 Å². The molecule has 2 nitrogen and oxygen atoms in total. The van der Waals surface area contributed by atoms with Crippen LogP contribution in [0, 0.1) is 5.41 Å². The fourth-order valence-corrected chi connectivity index (χ4v) is 1.02. The van der Waals surface area contributed by atoms with E-state index in [0.717, 1.165) is 23.1 Å². The quantitative estimate of drug-likeness (QED) is 0.379. The van der Waals surface area contributed by atoms with Crippen LogP contribution in [0.15, 0.2) is 11.0 Å². The molecule has 0 aromatic carbocycles. The number of nitrogens with two attached hydrogens (primary N) is 1. The molecular weight excluding hydrogens is 146 g/mol. The molecule has 0 amide bonds. The molecule has 0 unspecified atom stereocenters. The summed E-state index contributed by atoms with van der Waals surface area (Å²) in [5, 5.41) is 5.33. The number of hydrogen-bond acceptors (Lipinski definition) is 3. The van der Waals surface area contributed by atoms with Gasteiger partial charge in [0.05, 0.1) is 0 Å². The summed E-state index contributed by atoms with van der Waals surface area (Å²) >= 11 is 1.13. The van der Waals surface area contributed by atoms with Gasteiger partial charge in [-0.1, -0.05) is 32.7 Å². The summed E-state index contributed by atoms with van der Waals surface area (Å²) < 4.78 is 0. The van der Waals surface area contributed by atoms with Crippen LogP contribution in [-0.2, 0) is 4.79 Å². The number of aldehydes is 1. The Morgan fingerprint density at radius 2 is 2.00 bits per heavy atom. The van der Waals surface area contributed by atoms with E-state index in [0.29, 0.717) is 0 Å². The third kappa shape index (κ3) is 3.03. The van der Waals surface area contributed by atoms with E-state index < -0.39 is 0 Å². The highest BCUT2D eigenvalue weighted by Crippen LogP contribution is 2.30. The highest BCUT2D eigenvalue weighted by atomic mass is 32.2. The molecule has 10 heavy (non-hydrogen) atoms. The Hall–Kier alpha value is -0.280.